The van der Waals surface area contributed by atoms with Crippen molar-refractivity contribution in [1.29, 1.82) is 0 Å². The quantitative estimate of drug-likeness (QED) is 0.544. The molecule has 2 heteroatoms. The van der Waals surface area contributed by atoms with E-state index >= 15 is 0 Å². The first kappa shape index (κ1) is 6.02. The molecule has 1 fully saturated rings. The second kappa shape index (κ2) is 2.02. The number of rotatable bonds is 1. The van der Waals surface area contributed by atoms with E-state index < -0.39 is 6.17 Å². The van der Waals surface area contributed by atoms with Crippen molar-refractivity contribution in [3.63, 3.8) is 0 Å². The third-order valence-electron chi connectivity index (χ3n) is 1.90. The summed E-state index contributed by atoms with van der Waals surface area (Å²) in [5.41, 5.74) is 0. The highest BCUT2D eigenvalue weighted by atomic mass is 19.1. The SMILES string of the molecule is CC1CC(CO)C1F. The lowest BCUT2D eigenvalue weighted by Crippen LogP contribution is -2.38. The van der Waals surface area contributed by atoms with Crippen LogP contribution in [0.1, 0.15) is 13.3 Å². The second-order valence-corrected chi connectivity index (χ2v) is 2.60. The van der Waals surface area contributed by atoms with Crippen molar-refractivity contribution in [2.75, 3.05) is 6.61 Å². The Labute approximate surface area is 48.5 Å². The summed E-state index contributed by atoms with van der Waals surface area (Å²) in [7, 11) is 0. The average Bonchev–Trinajstić information content (AvgIpc) is 1.81. The zero-order valence-electron chi connectivity index (χ0n) is 4.97. The maximum absolute atomic E-state index is 12.4. The molecule has 1 aliphatic rings. The van der Waals surface area contributed by atoms with Crippen LogP contribution in [0.4, 0.5) is 4.39 Å². The van der Waals surface area contributed by atoms with Gasteiger partial charge in [-0.15, -0.1) is 0 Å². The highest BCUT2D eigenvalue weighted by Gasteiger charge is 2.37. The van der Waals surface area contributed by atoms with Gasteiger partial charge in [0.15, 0.2) is 0 Å². The Morgan fingerprint density at radius 3 is 2.50 bits per heavy atom. The molecule has 0 radical (unpaired) electrons. The maximum Gasteiger partial charge on any atom is 0.108 e. The van der Waals surface area contributed by atoms with E-state index in [0.717, 1.165) is 6.42 Å². The molecule has 0 spiro atoms. The standard InChI is InChI=1S/C6H11FO/c1-4-2-5(3-8)6(4)7/h4-6,8H,2-3H2,1H3. The van der Waals surface area contributed by atoms with Crippen molar-refractivity contribution in [1.82, 2.24) is 0 Å². The molecule has 1 aliphatic carbocycles. The summed E-state index contributed by atoms with van der Waals surface area (Å²) in [5.74, 6) is 0.136. The van der Waals surface area contributed by atoms with Crippen LogP contribution in [-0.2, 0) is 0 Å². The minimum Gasteiger partial charge on any atom is -0.396 e. The number of aliphatic hydroxyl groups excluding tert-OH is 1. The van der Waals surface area contributed by atoms with Gasteiger partial charge in [-0.05, 0) is 12.3 Å². The van der Waals surface area contributed by atoms with E-state index in [9.17, 15) is 4.39 Å². The Balaban J connectivity index is 2.25. The summed E-state index contributed by atoms with van der Waals surface area (Å²) >= 11 is 0. The Morgan fingerprint density at radius 2 is 2.38 bits per heavy atom. The molecule has 1 saturated carbocycles. The van der Waals surface area contributed by atoms with Crippen LogP contribution < -0.4 is 0 Å². The molecule has 3 atom stereocenters. The minimum absolute atomic E-state index is 0.0194. The summed E-state index contributed by atoms with van der Waals surface area (Å²) in [6, 6.07) is 0. The molecule has 0 heterocycles. The van der Waals surface area contributed by atoms with Gasteiger partial charge in [0.1, 0.15) is 6.17 Å². The van der Waals surface area contributed by atoms with Gasteiger partial charge in [-0.1, -0.05) is 6.92 Å². The van der Waals surface area contributed by atoms with Crippen LogP contribution in [0.2, 0.25) is 0 Å². The molecule has 0 amide bonds. The van der Waals surface area contributed by atoms with Gasteiger partial charge in [-0.2, -0.15) is 0 Å². The molecule has 48 valence electrons. The van der Waals surface area contributed by atoms with Crippen LogP contribution in [0.15, 0.2) is 0 Å². The van der Waals surface area contributed by atoms with Gasteiger partial charge in [-0.25, -0.2) is 4.39 Å². The van der Waals surface area contributed by atoms with E-state index in [1.807, 2.05) is 6.92 Å². The normalized spacial score (nSPS) is 46.1. The van der Waals surface area contributed by atoms with Crippen molar-refractivity contribution < 1.29 is 9.50 Å². The molecule has 3 unspecified atom stereocenters. The van der Waals surface area contributed by atoms with Crippen molar-refractivity contribution in [2.45, 2.75) is 19.5 Å². The lowest BCUT2D eigenvalue weighted by molar-refractivity contribution is 0.00363. The number of alkyl halides is 1. The largest absolute Gasteiger partial charge is 0.396 e. The van der Waals surface area contributed by atoms with Gasteiger partial charge < -0.3 is 5.11 Å². The van der Waals surface area contributed by atoms with Gasteiger partial charge in [-0.3, -0.25) is 0 Å². The zero-order valence-corrected chi connectivity index (χ0v) is 4.97. The van der Waals surface area contributed by atoms with Gasteiger partial charge in [0.05, 0.1) is 0 Å². The minimum atomic E-state index is -0.736. The van der Waals surface area contributed by atoms with Gasteiger partial charge >= 0.3 is 0 Å². The fourth-order valence-electron chi connectivity index (χ4n) is 1.18. The molecule has 1 N–H and O–H groups in total. The van der Waals surface area contributed by atoms with Crippen molar-refractivity contribution in [3.8, 4) is 0 Å². The lowest BCUT2D eigenvalue weighted by atomic mass is 9.75. The van der Waals surface area contributed by atoms with Crippen LogP contribution in [0.25, 0.3) is 0 Å². The summed E-state index contributed by atoms with van der Waals surface area (Å²) < 4.78 is 12.4. The highest BCUT2D eigenvalue weighted by Crippen LogP contribution is 2.35. The Kier molecular flexibility index (Phi) is 1.52. The van der Waals surface area contributed by atoms with Crippen molar-refractivity contribution in [2.24, 2.45) is 11.8 Å². The Hall–Kier alpha value is -0.110. The number of hydrogen-bond donors (Lipinski definition) is 1. The predicted molar refractivity (Wildman–Crippen MR) is 29.3 cm³/mol. The van der Waals surface area contributed by atoms with Crippen molar-refractivity contribution >= 4 is 0 Å². The average molecular weight is 118 g/mol. The number of aliphatic hydroxyl groups is 1. The fraction of sp³-hybridized carbons (Fsp3) is 1.00. The molecular weight excluding hydrogens is 107 g/mol. The van der Waals surface area contributed by atoms with E-state index in [2.05, 4.69) is 0 Å². The zero-order chi connectivity index (χ0) is 6.15. The van der Waals surface area contributed by atoms with Crippen LogP contribution in [0.3, 0.4) is 0 Å². The topological polar surface area (TPSA) is 20.2 Å². The maximum atomic E-state index is 12.4. The summed E-state index contributed by atoms with van der Waals surface area (Å²) in [6.07, 6.45) is 0.123. The smallest absolute Gasteiger partial charge is 0.108 e. The van der Waals surface area contributed by atoms with E-state index in [-0.39, 0.29) is 18.4 Å². The number of halogens is 1. The summed E-state index contributed by atoms with van der Waals surface area (Å²) in [5, 5.41) is 8.43. The van der Waals surface area contributed by atoms with Crippen molar-refractivity contribution in [3.05, 3.63) is 0 Å². The second-order valence-electron chi connectivity index (χ2n) is 2.60. The molecule has 1 rings (SSSR count). The molecule has 0 bridgehead atoms. The third kappa shape index (κ3) is 0.730. The molecule has 1 nitrogen and oxygen atoms in total. The van der Waals surface area contributed by atoms with Gasteiger partial charge in [0.2, 0.25) is 0 Å². The van der Waals surface area contributed by atoms with E-state index in [1.165, 1.54) is 0 Å². The lowest BCUT2D eigenvalue weighted by Gasteiger charge is -2.35. The molecule has 0 saturated heterocycles. The Bertz CT molecular complexity index is 84.6. The molecule has 8 heavy (non-hydrogen) atoms. The van der Waals surface area contributed by atoms with Crippen LogP contribution >= 0.6 is 0 Å². The molecule has 0 aliphatic heterocycles. The van der Waals surface area contributed by atoms with E-state index in [4.69, 9.17) is 5.11 Å². The monoisotopic (exact) mass is 118 g/mol. The third-order valence-corrected chi connectivity index (χ3v) is 1.90. The van der Waals surface area contributed by atoms with Crippen LogP contribution in [0, 0.1) is 11.8 Å². The summed E-state index contributed by atoms with van der Waals surface area (Å²) in [4.78, 5) is 0. The molecular formula is C6H11FO. The summed E-state index contributed by atoms with van der Waals surface area (Å²) in [6.45, 7) is 1.89. The fourth-order valence-corrected chi connectivity index (χ4v) is 1.18. The highest BCUT2D eigenvalue weighted by molar-refractivity contribution is 4.85. The first-order chi connectivity index (χ1) is 3.75. The van der Waals surface area contributed by atoms with Crippen LogP contribution in [0.5, 0.6) is 0 Å². The Morgan fingerprint density at radius 1 is 1.75 bits per heavy atom. The predicted octanol–water partition coefficient (Wildman–Crippen LogP) is 0.973. The molecule has 0 aromatic rings. The first-order valence-electron chi connectivity index (χ1n) is 3.00. The van der Waals surface area contributed by atoms with E-state index in [0.29, 0.717) is 0 Å². The van der Waals surface area contributed by atoms with Crippen LogP contribution in [-0.4, -0.2) is 17.9 Å². The molecule has 0 aromatic carbocycles. The number of hydrogen-bond acceptors (Lipinski definition) is 1. The first-order valence-corrected chi connectivity index (χ1v) is 3.00. The van der Waals surface area contributed by atoms with E-state index in [1.54, 1.807) is 0 Å². The van der Waals surface area contributed by atoms with Gasteiger partial charge in [0.25, 0.3) is 0 Å². The molecule has 0 aromatic heterocycles. The van der Waals surface area contributed by atoms with Gasteiger partial charge in [0, 0.05) is 12.5 Å².